The summed E-state index contributed by atoms with van der Waals surface area (Å²) in [5, 5.41) is 0. The fourth-order valence-electron chi connectivity index (χ4n) is 1.63. The summed E-state index contributed by atoms with van der Waals surface area (Å²) in [7, 11) is -3.10. The van der Waals surface area contributed by atoms with Crippen molar-refractivity contribution in [1.82, 2.24) is 0 Å². The SMILES string of the molecule is CCC1(C)CC(=O)CS(=O)(=O)C1. The van der Waals surface area contributed by atoms with Gasteiger partial charge in [0.2, 0.25) is 0 Å². The molecule has 1 aliphatic heterocycles. The molecule has 0 N–H and O–H groups in total. The van der Waals surface area contributed by atoms with Gasteiger partial charge in [-0.25, -0.2) is 8.42 Å². The van der Waals surface area contributed by atoms with E-state index in [1.54, 1.807) is 0 Å². The Kier molecular flexibility index (Phi) is 2.29. The van der Waals surface area contributed by atoms with Gasteiger partial charge in [-0.3, -0.25) is 4.79 Å². The second-order valence-corrected chi connectivity index (χ2v) is 5.98. The molecule has 0 aliphatic carbocycles. The molecule has 1 unspecified atom stereocenters. The van der Waals surface area contributed by atoms with Crippen molar-refractivity contribution >= 4 is 15.6 Å². The highest BCUT2D eigenvalue weighted by Gasteiger charge is 2.37. The molecule has 1 fully saturated rings. The largest absolute Gasteiger partial charge is 0.299 e. The van der Waals surface area contributed by atoms with Gasteiger partial charge in [0.15, 0.2) is 9.84 Å². The standard InChI is InChI=1S/C8H14O3S/c1-3-8(2)4-7(9)5-12(10,11)6-8/h3-6H2,1-2H3. The summed E-state index contributed by atoms with van der Waals surface area (Å²) < 4.78 is 22.4. The maximum Gasteiger partial charge on any atom is 0.157 e. The molecule has 3 nitrogen and oxygen atoms in total. The Bertz CT molecular complexity index is 291. The first-order chi connectivity index (χ1) is 5.37. The third-order valence-electron chi connectivity index (χ3n) is 2.43. The number of carbonyl (C=O) groups excluding carboxylic acids is 1. The highest BCUT2D eigenvalue weighted by Crippen LogP contribution is 2.31. The van der Waals surface area contributed by atoms with Crippen LogP contribution in [0.4, 0.5) is 0 Å². The van der Waals surface area contributed by atoms with Crippen LogP contribution in [0, 0.1) is 5.41 Å². The van der Waals surface area contributed by atoms with Crippen LogP contribution in [0.1, 0.15) is 26.7 Å². The van der Waals surface area contributed by atoms with Gasteiger partial charge in [0.05, 0.1) is 5.75 Å². The van der Waals surface area contributed by atoms with Gasteiger partial charge >= 0.3 is 0 Å². The number of Topliss-reactive ketones (excluding diaryl/α,β-unsaturated/α-hetero) is 1. The van der Waals surface area contributed by atoms with Crippen LogP contribution >= 0.6 is 0 Å². The first kappa shape index (κ1) is 9.71. The van der Waals surface area contributed by atoms with Gasteiger partial charge in [-0.15, -0.1) is 0 Å². The van der Waals surface area contributed by atoms with E-state index in [-0.39, 0.29) is 22.7 Å². The van der Waals surface area contributed by atoms with Crippen LogP contribution in [0.2, 0.25) is 0 Å². The minimum atomic E-state index is -3.10. The van der Waals surface area contributed by atoms with Crippen LogP contribution in [0.25, 0.3) is 0 Å². The molecule has 1 rings (SSSR count). The number of carbonyl (C=O) groups is 1. The van der Waals surface area contributed by atoms with Crippen molar-refractivity contribution in [3.05, 3.63) is 0 Å². The maximum atomic E-state index is 11.2. The molecular weight excluding hydrogens is 176 g/mol. The topological polar surface area (TPSA) is 51.2 Å². The molecule has 1 saturated heterocycles. The van der Waals surface area contributed by atoms with Crippen molar-refractivity contribution in [2.45, 2.75) is 26.7 Å². The molecule has 12 heavy (non-hydrogen) atoms. The van der Waals surface area contributed by atoms with E-state index in [9.17, 15) is 13.2 Å². The predicted molar refractivity (Wildman–Crippen MR) is 46.7 cm³/mol. The van der Waals surface area contributed by atoms with E-state index >= 15 is 0 Å². The zero-order valence-electron chi connectivity index (χ0n) is 7.46. The first-order valence-electron chi connectivity index (χ1n) is 4.09. The molecule has 0 aromatic heterocycles. The van der Waals surface area contributed by atoms with E-state index in [1.807, 2.05) is 13.8 Å². The second-order valence-electron chi connectivity index (χ2n) is 3.91. The van der Waals surface area contributed by atoms with Crippen molar-refractivity contribution < 1.29 is 13.2 Å². The molecule has 1 heterocycles. The zero-order chi connectivity index (χ0) is 9.41. The van der Waals surface area contributed by atoms with E-state index in [1.165, 1.54) is 0 Å². The van der Waals surface area contributed by atoms with Crippen molar-refractivity contribution in [1.29, 1.82) is 0 Å². The highest BCUT2D eigenvalue weighted by molar-refractivity contribution is 7.92. The first-order valence-corrected chi connectivity index (χ1v) is 5.91. The van der Waals surface area contributed by atoms with Gasteiger partial charge in [0, 0.05) is 6.42 Å². The Morgan fingerprint density at radius 1 is 1.50 bits per heavy atom. The number of hydrogen-bond donors (Lipinski definition) is 0. The number of ketones is 1. The zero-order valence-corrected chi connectivity index (χ0v) is 8.28. The van der Waals surface area contributed by atoms with Crippen molar-refractivity contribution in [2.24, 2.45) is 5.41 Å². The van der Waals surface area contributed by atoms with E-state index in [0.717, 1.165) is 6.42 Å². The molecule has 0 saturated carbocycles. The molecule has 0 amide bonds. The Morgan fingerprint density at radius 3 is 2.50 bits per heavy atom. The van der Waals surface area contributed by atoms with E-state index in [4.69, 9.17) is 0 Å². The lowest BCUT2D eigenvalue weighted by molar-refractivity contribution is -0.118. The van der Waals surface area contributed by atoms with Crippen molar-refractivity contribution in [3.63, 3.8) is 0 Å². The lowest BCUT2D eigenvalue weighted by atomic mass is 9.84. The third kappa shape index (κ3) is 2.06. The fourth-order valence-corrected chi connectivity index (χ4v) is 3.70. The summed E-state index contributed by atoms with van der Waals surface area (Å²) in [5.41, 5.74) is -0.311. The minimum Gasteiger partial charge on any atom is -0.299 e. The lowest BCUT2D eigenvalue weighted by Crippen LogP contribution is -2.38. The van der Waals surface area contributed by atoms with E-state index < -0.39 is 9.84 Å². The Labute approximate surface area is 73.1 Å². The number of rotatable bonds is 1. The normalized spacial score (nSPS) is 35.0. The Balaban J connectivity index is 2.91. The minimum absolute atomic E-state index is 0.134. The average Bonchev–Trinajstić information content (AvgIpc) is 1.82. The van der Waals surface area contributed by atoms with Gasteiger partial charge in [0.1, 0.15) is 11.5 Å². The van der Waals surface area contributed by atoms with E-state index in [2.05, 4.69) is 0 Å². The molecule has 1 aliphatic rings. The van der Waals surface area contributed by atoms with Gasteiger partial charge in [-0.1, -0.05) is 13.8 Å². The summed E-state index contributed by atoms with van der Waals surface area (Å²) in [5.74, 6) is -0.212. The highest BCUT2D eigenvalue weighted by atomic mass is 32.2. The number of hydrogen-bond acceptors (Lipinski definition) is 3. The fraction of sp³-hybridized carbons (Fsp3) is 0.875. The molecular formula is C8H14O3S. The smallest absolute Gasteiger partial charge is 0.157 e. The van der Waals surface area contributed by atoms with Crippen LogP contribution in [-0.4, -0.2) is 25.7 Å². The molecule has 0 aromatic carbocycles. The second kappa shape index (κ2) is 2.83. The monoisotopic (exact) mass is 190 g/mol. The van der Waals surface area contributed by atoms with Crippen LogP contribution in [0.3, 0.4) is 0 Å². The van der Waals surface area contributed by atoms with Gasteiger partial charge in [-0.2, -0.15) is 0 Å². The summed E-state index contributed by atoms with van der Waals surface area (Å²) in [4.78, 5) is 11.1. The predicted octanol–water partition coefficient (Wildman–Crippen LogP) is 0.790. The Morgan fingerprint density at radius 2 is 2.08 bits per heavy atom. The molecule has 0 radical (unpaired) electrons. The summed E-state index contributed by atoms with van der Waals surface area (Å²) in [6.07, 6.45) is 1.17. The maximum absolute atomic E-state index is 11.2. The third-order valence-corrected chi connectivity index (χ3v) is 4.33. The molecule has 1 atom stereocenters. The van der Waals surface area contributed by atoms with Crippen LogP contribution in [-0.2, 0) is 14.6 Å². The summed E-state index contributed by atoms with van der Waals surface area (Å²) >= 11 is 0. The summed E-state index contributed by atoms with van der Waals surface area (Å²) in [6, 6.07) is 0. The summed E-state index contributed by atoms with van der Waals surface area (Å²) in [6.45, 7) is 3.79. The average molecular weight is 190 g/mol. The van der Waals surface area contributed by atoms with E-state index in [0.29, 0.717) is 6.42 Å². The molecule has 0 bridgehead atoms. The van der Waals surface area contributed by atoms with Gasteiger partial charge in [-0.05, 0) is 11.8 Å². The quantitative estimate of drug-likeness (QED) is 0.614. The van der Waals surface area contributed by atoms with Gasteiger partial charge in [0.25, 0.3) is 0 Å². The molecule has 4 heteroatoms. The van der Waals surface area contributed by atoms with Gasteiger partial charge < -0.3 is 0 Å². The molecule has 70 valence electrons. The Hall–Kier alpha value is -0.380. The van der Waals surface area contributed by atoms with Crippen molar-refractivity contribution in [2.75, 3.05) is 11.5 Å². The van der Waals surface area contributed by atoms with Crippen LogP contribution in [0.15, 0.2) is 0 Å². The van der Waals surface area contributed by atoms with Crippen molar-refractivity contribution in [3.8, 4) is 0 Å². The van der Waals surface area contributed by atoms with Crippen LogP contribution in [0.5, 0.6) is 0 Å². The lowest BCUT2D eigenvalue weighted by Gasteiger charge is -2.30. The number of sulfone groups is 1. The molecule has 0 spiro atoms. The molecule has 0 aromatic rings. The van der Waals surface area contributed by atoms with Crippen LogP contribution < -0.4 is 0 Å².